The SMILES string of the molecule is O=C(NCCCOCCO)C1=Cc2cc(Br)ccc2OC1. The van der Waals surface area contributed by atoms with Gasteiger partial charge in [-0.2, -0.15) is 0 Å². The molecular formula is C15H18BrNO4. The zero-order valence-corrected chi connectivity index (χ0v) is 13.2. The summed E-state index contributed by atoms with van der Waals surface area (Å²) >= 11 is 3.40. The van der Waals surface area contributed by atoms with Crippen molar-refractivity contribution in [1.29, 1.82) is 0 Å². The summed E-state index contributed by atoms with van der Waals surface area (Å²) in [5.74, 6) is 0.662. The molecule has 2 rings (SSSR count). The van der Waals surface area contributed by atoms with Crippen LogP contribution < -0.4 is 10.1 Å². The van der Waals surface area contributed by atoms with Crippen LogP contribution in [0.4, 0.5) is 0 Å². The third kappa shape index (κ3) is 4.84. The predicted molar refractivity (Wildman–Crippen MR) is 83.1 cm³/mol. The molecule has 1 amide bonds. The third-order valence-electron chi connectivity index (χ3n) is 2.96. The molecule has 1 aromatic rings. The van der Waals surface area contributed by atoms with Gasteiger partial charge in [0.25, 0.3) is 5.91 Å². The molecule has 2 N–H and O–H groups in total. The zero-order chi connectivity index (χ0) is 15.1. The summed E-state index contributed by atoms with van der Waals surface area (Å²) in [6.45, 7) is 1.69. The topological polar surface area (TPSA) is 67.8 Å². The molecule has 0 unspecified atom stereocenters. The standard InChI is InChI=1S/C15H18BrNO4/c16-13-2-3-14-11(9-13)8-12(10-21-14)15(19)17-4-1-6-20-7-5-18/h2-3,8-9,18H,1,4-7,10H2,(H,17,19). The van der Waals surface area contributed by atoms with Gasteiger partial charge in [0.05, 0.1) is 18.8 Å². The molecular weight excluding hydrogens is 338 g/mol. The van der Waals surface area contributed by atoms with E-state index in [1.807, 2.05) is 24.3 Å². The van der Waals surface area contributed by atoms with Gasteiger partial charge in [-0.1, -0.05) is 15.9 Å². The van der Waals surface area contributed by atoms with E-state index in [4.69, 9.17) is 14.6 Å². The van der Waals surface area contributed by atoms with Crippen molar-refractivity contribution in [3.8, 4) is 5.75 Å². The summed E-state index contributed by atoms with van der Waals surface area (Å²) in [6, 6.07) is 5.71. The van der Waals surface area contributed by atoms with Crippen molar-refractivity contribution in [2.75, 3.05) is 33.0 Å². The van der Waals surface area contributed by atoms with Gasteiger partial charge in [-0.05, 0) is 30.7 Å². The van der Waals surface area contributed by atoms with E-state index in [2.05, 4.69) is 21.2 Å². The fourth-order valence-electron chi connectivity index (χ4n) is 1.94. The number of hydrogen-bond acceptors (Lipinski definition) is 4. The molecule has 5 nitrogen and oxygen atoms in total. The van der Waals surface area contributed by atoms with Gasteiger partial charge in [0.2, 0.25) is 0 Å². The van der Waals surface area contributed by atoms with E-state index in [0.717, 1.165) is 15.8 Å². The maximum absolute atomic E-state index is 12.0. The van der Waals surface area contributed by atoms with E-state index in [-0.39, 0.29) is 19.1 Å². The molecule has 0 atom stereocenters. The van der Waals surface area contributed by atoms with Crippen LogP contribution >= 0.6 is 15.9 Å². The molecule has 0 fully saturated rings. The third-order valence-corrected chi connectivity index (χ3v) is 3.46. The lowest BCUT2D eigenvalue weighted by molar-refractivity contribution is -0.117. The highest BCUT2D eigenvalue weighted by atomic mass is 79.9. The normalized spacial score (nSPS) is 13.1. The smallest absolute Gasteiger partial charge is 0.250 e. The first-order valence-electron chi connectivity index (χ1n) is 6.80. The lowest BCUT2D eigenvalue weighted by atomic mass is 10.1. The van der Waals surface area contributed by atoms with E-state index in [1.54, 1.807) is 0 Å². The Morgan fingerprint density at radius 1 is 1.43 bits per heavy atom. The summed E-state index contributed by atoms with van der Waals surface area (Å²) in [5, 5.41) is 11.4. The minimum atomic E-state index is -0.122. The number of aliphatic hydroxyl groups is 1. The average molecular weight is 356 g/mol. The molecule has 0 bridgehead atoms. The number of amides is 1. The number of halogens is 1. The Bertz CT molecular complexity index is 530. The van der Waals surface area contributed by atoms with Crippen molar-refractivity contribution < 1.29 is 19.4 Å². The van der Waals surface area contributed by atoms with Crippen LogP contribution in [0.1, 0.15) is 12.0 Å². The number of ether oxygens (including phenoxy) is 2. The van der Waals surface area contributed by atoms with Crippen LogP contribution in [0.25, 0.3) is 6.08 Å². The summed E-state index contributed by atoms with van der Waals surface area (Å²) in [6.07, 6.45) is 2.56. The molecule has 1 aromatic carbocycles. The summed E-state index contributed by atoms with van der Waals surface area (Å²) in [4.78, 5) is 12.0. The molecule has 0 aromatic heterocycles. The van der Waals surface area contributed by atoms with Gasteiger partial charge < -0.3 is 19.9 Å². The van der Waals surface area contributed by atoms with Crippen LogP contribution in [0.5, 0.6) is 5.75 Å². The molecule has 1 aliphatic heterocycles. The van der Waals surface area contributed by atoms with Crippen molar-refractivity contribution in [1.82, 2.24) is 5.32 Å². The molecule has 6 heteroatoms. The second-order valence-electron chi connectivity index (χ2n) is 4.59. The highest BCUT2D eigenvalue weighted by molar-refractivity contribution is 9.10. The minimum absolute atomic E-state index is 0.0194. The predicted octanol–water partition coefficient (Wildman–Crippen LogP) is 1.74. The van der Waals surface area contributed by atoms with Crippen LogP contribution in [0.3, 0.4) is 0 Å². The van der Waals surface area contributed by atoms with Crippen molar-refractivity contribution in [2.45, 2.75) is 6.42 Å². The Hall–Kier alpha value is -1.37. The maximum atomic E-state index is 12.0. The number of aliphatic hydroxyl groups excluding tert-OH is 1. The van der Waals surface area contributed by atoms with Gasteiger partial charge in [0.15, 0.2) is 0 Å². The van der Waals surface area contributed by atoms with E-state index in [0.29, 0.717) is 31.8 Å². The monoisotopic (exact) mass is 355 g/mol. The van der Waals surface area contributed by atoms with Crippen molar-refractivity contribution in [3.05, 3.63) is 33.8 Å². The van der Waals surface area contributed by atoms with Gasteiger partial charge in [-0.25, -0.2) is 0 Å². The Kier molecular flexibility index (Phi) is 6.22. The van der Waals surface area contributed by atoms with Crippen LogP contribution in [0, 0.1) is 0 Å². The summed E-state index contributed by atoms with van der Waals surface area (Å²) in [7, 11) is 0. The number of nitrogens with one attached hydrogen (secondary N) is 1. The molecule has 114 valence electrons. The van der Waals surface area contributed by atoms with E-state index in [1.165, 1.54) is 0 Å². The largest absolute Gasteiger partial charge is 0.488 e. The molecule has 0 aliphatic carbocycles. The van der Waals surface area contributed by atoms with Crippen LogP contribution in [-0.4, -0.2) is 44.0 Å². The maximum Gasteiger partial charge on any atom is 0.250 e. The number of carbonyl (C=O) groups excluding carboxylic acids is 1. The second-order valence-corrected chi connectivity index (χ2v) is 5.50. The number of carbonyl (C=O) groups is 1. The van der Waals surface area contributed by atoms with Crippen LogP contribution in [0.2, 0.25) is 0 Å². The lowest BCUT2D eigenvalue weighted by Crippen LogP contribution is -2.30. The Labute approximate surface area is 132 Å². The Balaban J connectivity index is 1.83. The summed E-state index contributed by atoms with van der Waals surface area (Å²) < 4.78 is 11.6. The number of fused-ring (bicyclic) bond motifs is 1. The van der Waals surface area contributed by atoms with Crippen LogP contribution in [-0.2, 0) is 9.53 Å². The Morgan fingerprint density at radius 3 is 3.10 bits per heavy atom. The number of benzene rings is 1. The first kappa shape index (κ1) is 16.0. The first-order valence-corrected chi connectivity index (χ1v) is 7.59. The zero-order valence-electron chi connectivity index (χ0n) is 11.6. The molecule has 0 saturated carbocycles. The van der Waals surface area contributed by atoms with Crippen LogP contribution in [0.15, 0.2) is 28.2 Å². The Morgan fingerprint density at radius 2 is 2.29 bits per heavy atom. The van der Waals surface area contributed by atoms with Gasteiger partial charge in [-0.15, -0.1) is 0 Å². The van der Waals surface area contributed by atoms with Gasteiger partial charge in [-0.3, -0.25) is 4.79 Å². The lowest BCUT2D eigenvalue weighted by Gasteiger charge is -2.17. The van der Waals surface area contributed by atoms with E-state index >= 15 is 0 Å². The van der Waals surface area contributed by atoms with E-state index in [9.17, 15) is 4.79 Å². The number of rotatable bonds is 7. The molecule has 21 heavy (non-hydrogen) atoms. The average Bonchev–Trinajstić information content (AvgIpc) is 2.49. The molecule has 0 saturated heterocycles. The highest BCUT2D eigenvalue weighted by Crippen LogP contribution is 2.29. The van der Waals surface area contributed by atoms with E-state index < -0.39 is 0 Å². The number of hydrogen-bond donors (Lipinski definition) is 2. The van der Waals surface area contributed by atoms with Gasteiger partial charge in [0, 0.05) is 23.2 Å². The molecule has 1 aliphatic rings. The van der Waals surface area contributed by atoms with Gasteiger partial charge in [0.1, 0.15) is 12.4 Å². The minimum Gasteiger partial charge on any atom is -0.488 e. The molecule has 0 spiro atoms. The highest BCUT2D eigenvalue weighted by Gasteiger charge is 2.16. The summed E-state index contributed by atoms with van der Waals surface area (Å²) in [5.41, 5.74) is 1.50. The quantitative estimate of drug-likeness (QED) is 0.731. The fourth-order valence-corrected chi connectivity index (χ4v) is 2.31. The van der Waals surface area contributed by atoms with Crippen molar-refractivity contribution in [3.63, 3.8) is 0 Å². The first-order chi connectivity index (χ1) is 10.2. The van der Waals surface area contributed by atoms with Gasteiger partial charge >= 0.3 is 0 Å². The van der Waals surface area contributed by atoms with Crippen molar-refractivity contribution in [2.24, 2.45) is 0 Å². The fraction of sp³-hybridized carbons (Fsp3) is 0.400. The van der Waals surface area contributed by atoms with Crippen molar-refractivity contribution >= 4 is 27.9 Å². The molecule has 1 heterocycles. The second kappa shape index (κ2) is 8.17. The molecule has 0 radical (unpaired) electrons.